The quantitative estimate of drug-likeness (QED) is 0.211. The molecule has 2 N–H and O–H groups in total. The third-order valence-electron chi connectivity index (χ3n) is 8.05. The second-order valence-electron chi connectivity index (χ2n) is 10.5. The van der Waals surface area contributed by atoms with E-state index in [2.05, 4.69) is 54.6 Å². The van der Waals surface area contributed by atoms with Crippen LogP contribution < -0.4 is 0 Å². The number of hydrogen-bond acceptors (Lipinski definition) is 3. The number of aliphatic hydroxyl groups excluding tert-OH is 1. The van der Waals surface area contributed by atoms with Crippen molar-refractivity contribution in [3.8, 4) is 22.4 Å². The Morgan fingerprint density at radius 3 is 2.08 bits per heavy atom. The average molecular weight is 514 g/mol. The van der Waals surface area contributed by atoms with Gasteiger partial charge < -0.3 is 10.2 Å². The molecule has 4 heteroatoms. The minimum atomic E-state index is -0.736. The molecule has 194 valence electrons. The zero-order chi connectivity index (χ0) is 26.8. The van der Waals surface area contributed by atoms with E-state index in [1.165, 1.54) is 5.56 Å². The number of fused-ring (bicyclic) bond motifs is 1. The predicted molar refractivity (Wildman–Crippen MR) is 156 cm³/mol. The van der Waals surface area contributed by atoms with E-state index in [0.29, 0.717) is 19.3 Å². The lowest BCUT2D eigenvalue weighted by Gasteiger charge is -2.18. The first-order valence-corrected chi connectivity index (χ1v) is 13.6. The molecule has 1 unspecified atom stereocenters. The highest BCUT2D eigenvalue weighted by atomic mass is 16.4. The standard InChI is InChI=1S/C35H31NO3/c37-31(12-6-9-24-7-2-1-3-8-24)32-30-11-5-4-10-28(30)23-36-33(32)27-15-13-25(14-16-27)26-17-19-29(20-18-26)35(21-22-35)34(38)39/h1-5,7-8,10-11,13-20,23,31,37H,6,9,12,21-22H2,(H,38,39). The summed E-state index contributed by atoms with van der Waals surface area (Å²) in [6.07, 6.45) is 5.12. The Morgan fingerprint density at radius 2 is 1.41 bits per heavy atom. The molecule has 1 atom stereocenters. The van der Waals surface area contributed by atoms with Crippen LogP contribution in [0.3, 0.4) is 0 Å². The number of pyridine rings is 1. The van der Waals surface area contributed by atoms with Gasteiger partial charge in [0, 0.05) is 22.7 Å². The van der Waals surface area contributed by atoms with E-state index < -0.39 is 17.5 Å². The zero-order valence-electron chi connectivity index (χ0n) is 21.8. The molecule has 4 aromatic carbocycles. The number of carboxylic acid groups (broad SMARTS) is 1. The van der Waals surface area contributed by atoms with Gasteiger partial charge in [0.1, 0.15) is 0 Å². The van der Waals surface area contributed by atoms with E-state index >= 15 is 0 Å². The van der Waals surface area contributed by atoms with Gasteiger partial charge in [-0.1, -0.05) is 103 Å². The van der Waals surface area contributed by atoms with Gasteiger partial charge in [0.2, 0.25) is 0 Å². The molecule has 0 spiro atoms. The van der Waals surface area contributed by atoms with E-state index in [1.54, 1.807) is 0 Å². The summed E-state index contributed by atoms with van der Waals surface area (Å²) in [4.78, 5) is 16.5. The van der Waals surface area contributed by atoms with Crippen molar-refractivity contribution in [2.24, 2.45) is 0 Å². The number of benzene rings is 4. The Kier molecular flexibility index (Phi) is 6.72. The normalized spacial score (nSPS) is 14.7. The summed E-state index contributed by atoms with van der Waals surface area (Å²) in [6, 6.07) is 34.6. The number of rotatable bonds is 9. The van der Waals surface area contributed by atoms with Gasteiger partial charge in [-0.25, -0.2) is 0 Å². The zero-order valence-corrected chi connectivity index (χ0v) is 21.8. The summed E-state index contributed by atoms with van der Waals surface area (Å²) in [6.45, 7) is 0. The van der Waals surface area contributed by atoms with Crippen molar-refractivity contribution in [2.45, 2.75) is 43.6 Å². The third kappa shape index (κ3) is 4.96. The Hall–Kier alpha value is -4.28. The van der Waals surface area contributed by atoms with Crippen LogP contribution in [0.25, 0.3) is 33.2 Å². The van der Waals surface area contributed by atoms with Crippen molar-refractivity contribution < 1.29 is 15.0 Å². The van der Waals surface area contributed by atoms with Crippen LogP contribution >= 0.6 is 0 Å². The third-order valence-corrected chi connectivity index (χ3v) is 8.05. The molecule has 1 heterocycles. The first kappa shape index (κ1) is 25.0. The molecular formula is C35H31NO3. The predicted octanol–water partition coefficient (Wildman–Crippen LogP) is 7.74. The van der Waals surface area contributed by atoms with Crippen LogP contribution in [0, 0.1) is 0 Å². The van der Waals surface area contributed by atoms with Gasteiger partial charge >= 0.3 is 5.97 Å². The van der Waals surface area contributed by atoms with Gasteiger partial charge in [-0.3, -0.25) is 9.78 Å². The van der Waals surface area contributed by atoms with Crippen LogP contribution in [0.15, 0.2) is 109 Å². The summed E-state index contributed by atoms with van der Waals surface area (Å²) < 4.78 is 0. The topological polar surface area (TPSA) is 70.4 Å². The molecule has 1 saturated carbocycles. The second kappa shape index (κ2) is 10.5. The number of aliphatic carboxylic acids is 1. The van der Waals surface area contributed by atoms with Crippen molar-refractivity contribution in [1.82, 2.24) is 4.98 Å². The number of aliphatic hydroxyl groups is 1. The molecule has 0 bridgehead atoms. The fourth-order valence-corrected chi connectivity index (χ4v) is 5.60. The molecule has 4 nitrogen and oxygen atoms in total. The monoisotopic (exact) mass is 513 g/mol. The molecule has 5 aromatic rings. The summed E-state index contributed by atoms with van der Waals surface area (Å²) in [5, 5.41) is 23.1. The molecule has 0 saturated heterocycles. The number of hydrogen-bond donors (Lipinski definition) is 2. The summed E-state index contributed by atoms with van der Waals surface area (Å²) >= 11 is 0. The summed E-state index contributed by atoms with van der Waals surface area (Å²) in [5.41, 5.74) is 6.20. The molecule has 1 aliphatic carbocycles. The van der Waals surface area contributed by atoms with Gasteiger partial charge in [-0.15, -0.1) is 0 Å². The van der Waals surface area contributed by atoms with Crippen molar-refractivity contribution >= 4 is 16.7 Å². The highest BCUT2D eigenvalue weighted by Gasteiger charge is 2.51. The minimum Gasteiger partial charge on any atom is -0.481 e. The molecular weight excluding hydrogens is 482 g/mol. The van der Waals surface area contributed by atoms with Crippen LogP contribution in [-0.2, 0) is 16.6 Å². The SMILES string of the molecule is O=C(O)C1(c2ccc(-c3ccc(-c4ncc5ccccc5c4C(O)CCCc4ccccc4)cc3)cc2)CC1. The average Bonchev–Trinajstić information content (AvgIpc) is 3.80. The fraction of sp³-hybridized carbons (Fsp3) is 0.200. The lowest BCUT2D eigenvalue weighted by Crippen LogP contribution is -2.19. The highest BCUT2D eigenvalue weighted by molar-refractivity contribution is 5.90. The van der Waals surface area contributed by atoms with Crippen molar-refractivity contribution in [2.75, 3.05) is 0 Å². The fourth-order valence-electron chi connectivity index (χ4n) is 5.60. The molecule has 1 aliphatic rings. The van der Waals surface area contributed by atoms with Gasteiger partial charge in [-0.05, 0) is 59.7 Å². The maximum absolute atomic E-state index is 11.7. The maximum Gasteiger partial charge on any atom is 0.314 e. The number of carboxylic acids is 1. The maximum atomic E-state index is 11.7. The van der Waals surface area contributed by atoms with Gasteiger partial charge in [0.25, 0.3) is 0 Å². The Morgan fingerprint density at radius 1 is 0.795 bits per heavy atom. The van der Waals surface area contributed by atoms with E-state index in [-0.39, 0.29) is 0 Å². The van der Waals surface area contributed by atoms with Crippen molar-refractivity contribution in [3.63, 3.8) is 0 Å². The summed E-state index contributed by atoms with van der Waals surface area (Å²) in [7, 11) is 0. The second-order valence-corrected chi connectivity index (χ2v) is 10.5. The van der Waals surface area contributed by atoms with Crippen molar-refractivity contribution in [3.05, 3.63) is 126 Å². The summed E-state index contributed by atoms with van der Waals surface area (Å²) in [5.74, 6) is -0.736. The van der Waals surface area contributed by atoms with Gasteiger partial charge in [0.05, 0.1) is 17.2 Å². The Labute approximate surface area is 228 Å². The molecule has 0 radical (unpaired) electrons. The largest absolute Gasteiger partial charge is 0.481 e. The van der Waals surface area contributed by atoms with Crippen LogP contribution in [0.4, 0.5) is 0 Å². The number of aryl methyl sites for hydroxylation is 1. The molecule has 1 aromatic heterocycles. The van der Waals surface area contributed by atoms with E-state index in [4.69, 9.17) is 4.98 Å². The Balaban J connectivity index is 1.27. The van der Waals surface area contributed by atoms with E-state index in [9.17, 15) is 15.0 Å². The van der Waals surface area contributed by atoms with Crippen LogP contribution in [0.1, 0.15) is 48.5 Å². The molecule has 0 aliphatic heterocycles. The lowest BCUT2D eigenvalue weighted by atomic mass is 9.91. The van der Waals surface area contributed by atoms with Crippen LogP contribution in [-0.4, -0.2) is 21.2 Å². The molecule has 1 fully saturated rings. The van der Waals surface area contributed by atoms with Crippen LogP contribution in [0.2, 0.25) is 0 Å². The first-order chi connectivity index (χ1) is 19.0. The molecule has 6 rings (SSSR count). The highest BCUT2D eigenvalue weighted by Crippen LogP contribution is 2.48. The first-order valence-electron chi connectivity index (χ1n) is 13.6. The van der Waals surface area contributed by atoms with Crippen LogP contribution in [0.5, 0.6) is 0 Å². The lowest BCUT2D eigenvalue weighted by molar-refractivity contribution is -0.140. The number of nitrogens with zero attached hydrogens (tertiary/aromatic N) is 1. The number of aromatic nitrogens is 1. The Bertz CT molecular complexity index is 1600. The number of carbonyl (C=O) groups is 1. The van der Waals surface area contributed by atoms with Crippen molar-refractivity contribution in [1.29, 1.82) is 0 Å². The van der Waals surface area contributed by atoms with Gasteiger partial charge in [0.15, 0.2) is 0 Å². The smallest absolute Gasteiger partial charge is 0.314 e. The van der Waals surface area contributed by atoms with E-state index in [0.717, 1.165) is 57.1 Å². The van der Waals surface area contributed by atoms with Gasteiger partial charge in [-0.2, -0.15) is 0 Å². The molecule has 0 amide bonds. The molecule has 39 heavy (non-hydrogen) atoms. The van der Waals surface area contributed by atoms with E-state index in [1.807, 2.05) is 54.7 Å². The minimum absolute atomic E-state index is 0.626.